The predicted molar refractivity (Wildman–Crippen MR) is 132 cm³/mol. The number of fused-ring (bicyclic) bond motifs is 1. The van der Waals surface area contributed by atoms with Crippen LogP contribution in [0.4, 0.5) is 5.13 Å². The van der Waals surface area contributed by atoms with Crippen LogP contribution in [0.1, 0.15) is 25.3 Å². The first-order valence-corrected chi connectivity index (χ1v) is 11.8. The van der Waals surface area contributed by atoms with Gasteiger partial charge in [0.1, 0.15) is 0 Å². The van der Waals surface area contributed by atoms with Crippen molar-refractivity contribution in [3.8, 4) is 11.5 Å². The smallest absolute Gasteiger partial charge is 0.285 e. The van der Waals surface area contributed by atoms with E-state index in [1.165, 1.54) is 28.1 Å². The SMILES string of the molecule is CCCCOc1ccc(/C=C2\SC(=S)N(Nc3nc4ccccc4s3)C2=O)cc1OC. The summed E-state index contributed by atoms with van der Waals surface area (Å²) in [5.74, 6) is 1.11. The number of amides is 1. The number of hydrazine groups is 1. The number of benzene rings is 2. The summed E-state index contributed by atoms with van der Waals surface area (Å²) in [6, 6.07) is 13.4. The maximum Gasteiger partial charge on any atom is 0.285 e. The molecular formula is C22H21N3O3S3. The fourth-order valence-corrected chi connectivity index (χ4v) is 4.98. The van der Waals surface area contributed by atoms with Gasteiger partial charge < -0.3 is 9.47 Å². The molecule has 0 saturated carbocycles. The van der Waals surface area contributed by atoms with Gasteiger partial charge in [-0.3, -0.25) is 10.2 Å². The number of carbonyl (C=O) groups is 1. The average molecular weight is 472 g/mol. The van der Waals surface area contributed by atoms with Gasteiger partial charge in [-0.2, -0.15) is 5.01 Å². The van der Waals surface area contributed by atoms with E-state index in [1.807, 2.05) is 42.5 Å². The van der Waals surface area contributed by atoms with Crippen LogP contribution in [0.3, 0.4) is 0 Å². The Morgan fingerprint density at radius 2 is 2.06 bits per heavy atom. The zero-order valence-electron chi connectivity index (χ0n) is 17.1. The molecule has 0 atom stereocenters. The molecule has 1 amide bonds. The molecule has 0 spiro atoms. The Bertz CT molecular complexity index is 1130. The normalized spacial score (nSPS) is 15.2. The molecule has 0 unspecified atom stereocenters. The van der Waals surface area contributed by atoms with E-state index in [0.29, 0.717) is 32.5 Å². The number of unbranched alkanes of at least 4 members (excludes halogenated alkanes) is 1. The highest BCUT2D eigenvalue weighted by Gasteiger charge is 2.33. The molecule has 1 aliphatic heterocycles. The number of nitrogens with zero attached hydrogens (tertiary/aromatic N) is 2. The van der Waals surface area contributed by atoms with Gasteiger partial charge in [0.2, 0.25) is 5.13 Å². The van der Waals surface area contributed by atoms with E-state index >= 15 is 0 Å². The first-order chi connectivity index (χ1) is 15.1. The molecule has 2 heterocycles. The van der Waals surface area contributed by atoms with Crippen LogP contribution < -0.4 is 14.9 Å². The van der Waals surface area contributed by atoms with Gasteiger partial charge in [-0.1, -0.05) is 54.6 Å². The Morgan fingerprint density at radius 3 is 2.84 bits per heavy atom. The minimum atomic E-state index is -0.212. The number of rotatable bonds is 8. The van der Waals surface area contributed by atoms with Crippen molar-refractivity contribution in [3.63, 3.8) is 0 Å². The summed E-state index contributed by atoms with van der Waals surface area (Å²) in [6.45, 7) is 2.76. The second-order valence-electron chi connectivity index (χ2n) is 6.73. The molecule has 1 aliphatic rings. The molecule has 3 aromatic rings. The number of hydrogen-bond acceptors (Lipinski definition) is 8. The summed E-state index contributed by atoms with van der Waals surface area (Å²) in [7, 11) is 1.60. The third kappa shape index (κ3) is 4.84. The number of ether oxygens (including phenoxy) is 2. The first kappa shape index (κ1) is 21.6. The van der Waals surface area contributed by atoms with Crippen molar-refractivity contribution in [2.75, 3.05) is 19.1 Å². The fourth-order valence-electron chi connectivity index (χ4n) is 2.95. The zero-order chi connectivity index (χ0) is 21.8. The Morgan fingerprint density at radius 1 is 1.23 bits per heavy atom. The van der Waals surface area contributed by atoms with Crippen molar-refractivity contribution < 1.29 is 14.3 Å². The lowest BCUT2D eigenvalue weighted by molar-refractivity contribution is -0.121. The number of carbonyl (C=O) groups excluding carboxylic acids is 1. The summed E-state index contributed by atoms with van der Waals surface area (Å²) in [6.07, 6.45) is 3.85. The van der Waals surface area contributed by atoms with E-state index in [-0.39, 0.29) is 5.91 Å². The lowest BCUT2D eigenvalue weighted by Crippen LogP contribution is -2.33. The molecule has 0 radical (unpaired) electrons. The minimum Gasteiger partial charge on any atom is -0.493 e. The van der Waals surface area contributed by atoms with Gasteiger partial charge in [0, 0.05) is 0 Å². The number of thiocarbonyl (C=S) groups is 1. The van der Waals surface area contributed by atoms with Crippen LogP contribution >= 0.6 is 35.3 Å². The number of anilines is 1. The van der Waals surface area contributed by atoms with Crippen LogP contribution in [0.15, 0.2) is 47.4 Å². The van der Waals surface area contributed by atoms with Gasteiger partial charge in [0.15, 0.2) is 15.8 Å². The molecule has 160 valence electrons. The summed E-state index contributed by atoms with van der Waals surface area (Å²) in [5, 5.41) is 1.98. The van der Waals surface area contributed by atoms with Crippen LogP contribution in [-0.2, 0) is 4.79 Å². The van der Waals surface area contributed by atoms with Gasteiger partial charge >= 0.3 is 0 Å². The maximum atomic E-state index is 12.9. The number of aromatic nitrogens is 1. The summed E-state index contributed by atoms with van der Waals surface area (Å²) >= 11 is 8.14. The second-order valence-corrected chi connectivity index (χ2v) is 9.43. The predicted octanol–water partition coefficient (Wildman–Crippen LogP) is 5.71. The Hall–Kier alpha value is -2.62. The average Bonchev–Trinajstić information content (AvgIpc) is 3.30. The van der Waals surface area contributed by atoms with Crippen LogP contribution in [0.25, 0.3) is 16.3 Å². The van der Waals surface area contributed by atoms with Gasteiger partial charge in [-0.25, -0.2) is 4.98 Å². The van der Waals surface area contributed by atoms with Gasteiger partial charge in [-0.15, -0.1) is 0 Å². The highest BCUT2D eigenvalue weighted by molar-refractivity contribution is 8.26. The Balaban J connectivity index is 1.51. The molecule has 1 N–H and O–H groups in total. The van der Waals surface area contributed by atoms with E-state index in [4.69, 9.17) is 21.7 Å². The molecule has 1 fully saturated rings. The molecular weight excluding hydrogens is 450 g/mol. The quantitative estimate of drug-likeness (QED) is 0.256. The maximum absolute atomic E-state index is 12.9. The topological polar surface area (TPSA) is 63.7 Å². The number of para-hydroxylation sites is 1. The third-order valence-electron chi connectivity index (χ3n) is 4.54. The lowest BCUT2D eigenvalue weighted by Gasteiger charge is -2.14. The Labute approximate surface area is 194 Å². The highest BCUT2D eigenvalue weighted by atomic mass is 32.2. The van der Waals surface area contributed by atoms with Crippen molar-refractivity contribution in [1.82, 2.24) is 9.99 Å². The summed E-state index contributed by atoms with van der Waals surface area (Å²) in [5.41, 5.74) is 4.76. The third-order valence-corrected chi connectivity index (χ3v) is 6.78. The first-order valence-electron chi connectivity index (χ1n) is 9.80. The van der Waals surface area contributed by atoms with Crippen LogP contribution in [0.5, 0.6) is 11.5 Å². The fraction of sp³-hybridized carbons (Fsp3) is 0.227. The van der Waals surface area contributed by atoms with Gasteiger partial charge in [-0.05, 0) is 54.5 Å². The van der Waals surface area contributed by atoms with E-state index in [2.05, 4.69) is 17.3 Å². The number of methoxy groups -OCH3 is 1. The van der Waals surface area contributed by atoms with Gasteiger partial charge in [0.25, 0.3) is 5.91 Å². The van der Waals surface area contributed by atoms with Crippen molar-refractivity contribution in [3.05, 3.63) is 52.9 Å². The minimum absolute atomic E-state index is 0.212. The summed E-state index contributed by atoms with van der Waals surface area (Å²) < 4.78 is 12.7. The van der Waals surface area contributed by atoms with Crippen LogP contribution in [0.2, 0.25) is 0 Å². The number of hydrogen-bond donors (Lipinski definition) is 1. The molecule has 2 aromatic carbocycles. The number of thiazole rings is 1. The monoisotopic (exact) mass is 471 g/mol. The standard InChI is InChI=1S/C22H21N3O3S3/c1-3-4-11-28-16-10-9-14(12-17(16)27-2)13-19-20(26)25(22(29)31-19)24-21-23-15-7-5-6-8-18(15)30-21/h5-10,12-13H,3-4,11H2,1-2H3,(H,23,24)/b19-13-. The van der Waals surface area contributed by atoms with E-state index in [0.717, 1.165) is 28.6 Å². The molecule has 4 rings (SSSR count). The van der Waals surface area contributed by atoms with E-state index in [1.54, 1.807) is 13.2 Å². The zero-order valence-corrected chi connectivity index (χ0v) is 19.5. The molecule has 0 aliphatic carbocycles. The number of thioether (sulfide) groups is 1. The molecule has 1 saturated heterocycles. The second kappa shape index (κ2) is 9.67. The van der Waals surface area contributed by atoms with Crippen molar-refractivity contribution in [2.24, 2.45) is 0 Å². The van der Waals surface area contributed by atoms with E-state index in [9.17, 15) is 4.79 Å². The molecule has 6 nitrogen and oxygen atoms in total. The molecule has 0 bridgehead atoms. The molecule has 1 aromatic heterocycles. The van der Waals surface area contributed by atoms with E-state index < -0.39 is 0 Å². The lowest BCUT2D eigenvalue weighted by atomic mass is 10.2. The molecule has 9 heteroatoms. The van der Waals surface area contributed by atoms with Gasteiger partial charge in [0.05, 0.1) is 28.8 Å². The van der Waals surface area contributed by atoms with Crippen molar-refractivity contribution in [2.45, 2.75) is 19.8 Å². The molecule has 31 heavy (non-hydrogen) atoms. The van der Waals surface area contributed by atoms with Crippen LogP contribution in [-0.4, -0.2) is 33.9 Å². The van der Waals surface area contributed by atoms with Crippen molar-refractivity contribution in [1.29, 1.82) is 0 Å². The Kier molecular flexibility index (Phi) is 6.74. The van der Waals surface area contributed by atoms with Crippen molar-refractivity contribution >= 4 is 67.0 Å². The number of nitrogens with one attached hydrogen (secondary N) is 1. The van der Waals surface area contributed by atoms with Crippen LogP contribution in [0, 0.1) is 0 Å². The highest BCUT2D eigenvalue weighted by Crippen LogP contribution is 2.36. The summed E-state index contributed by atoms with van der Waals surface area (Å²) in [4.78, 5) is 18.0. The largest absolute Gasteiger partial charge is 0.493 e.